The Kier molecular flexibility index (Phi) is 3.90. The summed E-state index contributed by atoms with van der Waals surface area (Å²) in [5.41, 5.74) is -0.244. The van der Waals surface area contributed by atoms with E-state index >= 15 is 0 Å². The first-order chi connectivity index (χ1) is 8.30. The molecule has 1 aliphatic heterocycles. The number of nitrogens with zero attached hydrogens (tertiary/aromatic N) is 1. The van der Waals surface area contributed by atoms with Gasteiger partial charge in [0.1, 0.15) is 5.70 Å². The third-order valence-corrected chi connectivity index (χ3v) is 4.33. The first kappa shape index (κ1) is 14.1. The fourth-order valence-electron chi connectivity index (χ4n) is 1.68. The maximum atomic E-state index is 12.9. The van der Waals surface area contributed by atoms with Crippen LogP contribution in [0.25, 0.3) is 0 Å². The molecule has 18 heavy (non-hydrogen) atoms. The van der Waals surface area contributed by atoms with Gasteiger partial charge in [0.15, 0.2) is 0 Å². The number of anilines is 1. The highest BCUT2D eigenvalue weighted by molar-refractivity contribution is 9.10. The van der Waals surface area contributed by atoms with Gasteiger partial charge in [0.25, 0.3) is 0 Å². The summed E-state index contributed by atoms with van der Waals surface area (Å²) in [6.07, 6.45) is -4.38. The Labute approximate surface area is 120 Å². The van der Waals surface area contributed by atoms with E-state index in [2.05, 4.69) is 15.9 Å². The lowest BCUT2D eigenvalue weighted by Gasteiger charge is -2.28. The normalized spacial score (nSPS) is 20.2. The van der Waals surface area contributed by atoms with Crippen LogP contribution in [0, 0.1) is 0 Å². The summed E-state index contributed by atoms with van der Waals surface area (Å²) in [7, 11) is 0. The van der Waals surface area contributed by atoms with Crippen LogP contribution in [0.3, 0.4) is 0 Å². The lowest BCUT2D eigenvalue weighted by atomic mass is 10.2. The van der Waals surface area contributed by atoms with E-state index in [0.29, 0.717) is 15.2 Å². The Morgan fingerprint density at radius 1 is 1.39 bits per heavy atom. The highest BCUT2D eigenvalue weighted by Crippen LogP contribution is 2.45. The Morgan fingerprint density at radius 3 is 2.67 bits per heavy atom. The molecule has 1 atom stereocenters. The third kappa shape index (κ3) is 2.65. The highest BCUT2D eigenvalue weighted by Gasteiger charge is 2.43. The lowest BCUT2D eigenvalue weighted by Crippen LogP contribution is -2.33. The van der Waals surface area contributed by atoms with Crippen molar-refractivity contribution in [3.05, 3.63) is 38.8 Å². The van der Waals surface area contributed by atoms with Gasteiger partial charge in [-0.05, 0) is 41.1 Å². The van der Waals surface area contributed by atoms with E-state index in [9.17, 15) is 13.2 Å². The van der Waals surface area contributed by atoms with E-state index in [4.69, 9.17) is 11.6 Å². The maximum Gasteiger partial charge on any atom is 0.431 e. The number of thioether (sulfide) groups is 1. The minimum absolute atomic E-state index is 0.323. The molecule has 7 heteroatoms. The van der Waals surface area contributed by atoms with Crippen LogP contribution in [0.15, 0.2) is 33.8 Å². The first-order valence-electron chi connectivity index (χ1n) is 4.98. The predicted octanol–water partition coefficient (Wildman–Crippen LogP) is 5.41. The van der Waals surface area contributed by atoms with Crippen LogP contribution < -0.4 is 4.90 Å². The predicted molar refractivity (Wildman–Crippen MR) is 72.8 cm³/mol. The molecule has 1 aromatic carbocycles. The quantitative estimate of drug-likeness (QED) is 0.661. The number of halogens is 5. The van der Waals surface area contributed by atoms with Crippen molar-refractivity contribution in [2.45, 2.75) is 18.5 Å². The van der Waals surface area contributed by atoms with Crippen molar-refractivity contribution in [2.24, 2.45) is 0 Å². The average molecular weight is 359 g/mol. The maximum absolute atomic E-state index is 12.9. The van der Waals surface area contributed by atoms with Crippen molar-refractivity contribution < 1.29 is 13.2 Å². The summed E-state index contributed by atoms with van der Waals surface area (Å²) in [6, 6.07) is 4.79. The van der Waals surface area contributed by atoms with Crippen LogP contribution in [-0.4, -0.2) is 11.6 Å². The molecule has 1 unspecified atom stereocenters. The second-order valence-corrected chi connectivity index (χ2v) is 6.18. The zero-order valence-electron chi connectivity index (χ0n) is 9.13. The molecule has 0 amide bonds. The van der Waals surface area contributed by atoms with E-state index in [0.717, 1.165) is 17.2 Å². The second kappa shape index (κ2) is 4.98. The summed E-state index contributed by atoms with van der Waals surface area (Å²) in [6.45, 7) is 1.72. The first-order valence-corrected chi connectivity index (χ1v) is 7.09. The van der Waals surface area contributed by atoms with Crippen molar-refractivity contribution >= 4 is 45.0 Å². The van der Waals surface area contributed by atoms with E-state index in [1.807, 2.05) is 0 Å². The summed E-state index contributed by atoms with van der Waals surface area (Å²) < 4.78 is 39.4. The van der Waals surface area contributed by atoms with Crippen molar-refractivity contribution in [2.75, 3.05) is 4.90 Å². The number of hydrogen-bond donors (Lipinski definition) is 0. The van der Waals surface area contributed by atoms with Gasteiger partial charge in [0.05, 0.1) is 11.1 Å². The van der Waals surface area contributed by atoms with Gasteiger partial charge >= 0.3 is 6.18 Å². The van der Waals surface area contributed by atoms with Crippen molar-refractivity contribution in [3.63, 3.8) is 0 Å². The number of hydrogen-bond acceptors (Lipinski definition) is 2. The molecule has 0 radical (unpaired) electrons. The van der Waals surface area contributed by atoms with Gasteiger partial charge in [-0.3, -0.25) is 0 Å². The molecule has 98 valence electrons. The van der Waals surface area contributed by atoms with E-state index in [-0.39, 0.29) is 5.37 Å². The molecule has 2 rings (SSSR count). The molecule has 0 aliphatic carbocycles. The summed E-state index contributed by atoms with van der Waals surface area (Å²) in [5, 5.41) is 1.22. The molecule has 0 saturated heterocycles. The van der Waals surface area contributed by atoms with Crippen molar-refractivity contribution in [1.29, 1.82) is 0 Å². The van der Waals surface area contributed by atoms with Crippen LogP contribution in [0.4, 0.5) is 18.9 Å². The monoisotopic (exact) mass is 357 g/mol. The molecule has 1 heterocycles. The molecular formula is C11H8BrClF3NS. The Hall–Kier alpha value is -0.330. The largest absolute Gasteiger partial charge is 0.431 e. The molecular weight excluding hydrogens is 351 g/mol. The van der Waals surface area contributed by atoms with Crippen LogP contribution in [0.2, 0.25) is 5.02 Å². The molecule has 0 spiro atoms. The zero-order valence-corrected chi connectivity index (χ0v) is 12.3. The molecule has 0 saturated carbocycles. The minimum atomic E-state index is -4.38. The lowest BCUT2D eigenvalue weighted by molar-refractivity contribution is -0.0929. The summed E-state index contributed by atoms with van der Waals surface area (Å²) in [4.78, 5) is 1.24. The number of rotatable bonds is 1. The average Bonchev–Trinajstić information content (AvgIpc) is 2.63. The smallest absolute Gasteiger partial charge is 0.323 e. The van der Waals surface area contributed by atoms with Crippen LogP contribution >= 0.6 is 39.3 Å². The molecule has 1 aliphatic rings. The number of benzene rings is 1. The second-order valence-electron chi connectivity index (χ2n) is 3.70. The molecule has 0 N–H and O–H groups in total. The summed E-state index contributed by atoms with van der Waals surface area (Å²) in [5.74, 6) is 0. The standard InChI is InChI=1S/C11H8BrClF3NS/c1-6-17(10(5-18-6)11(14,15)16)9-4-7(13)2-3-8(9)12/h2-6H,1H3. The topological polar surface area (TPSA) is 3.24 Å². The van der Waals surface area contributed by atoms with Gasteiger partial charge in [0, 0.05) is 14.9 Å². The van der Waals surface area contributed by atoms with E-state index < -0.39 is 11.9 Å². The van der Waals surface area contributed by atoms with Crippen LogP contribution in [0.5, 0.6) is 0 Å². The van der Waals surface area contributed by atoms with E-state index in [1.165, 1.54) is 11.0 Å². The SMILES string of the molecule is CC1SC=C(C(F)(F)F)N1c1cc(Cl)ccc1Br. The molecule has 0 bridgehead atoms. The Bertz CT molecular complexity index is 504. The number of allylic oxidation sites excluding steroid dienone is 1. The highest BCUT2D eigenvalue weighted by atomic mass is 79.9. The zero-order chi connectivity index (χ0) is 13.5. The van der Waals surface area contributed by atoms with Gasteiger partial charge in [-0.2, -0.15) is 13.2 Å². The van der Waals surface area contributed by atoms with Gasteiger partial charge in [0.2, 0.25) is 0 Å². The Morgan fingerprint density at radius 2 is 2.06 bits per heavy atom. The van der Waals surface area contributed by atoms with Crippen molar-refractivity contribution in [3.8, 4) is 0 Å². The van der Waals surface area contributed by atoms with Gasteiger partial charge in [-0.15, -0.1) is 11.8 Å². The van der Waals surface area contributed by atoms with E-state index in [1.54, 1.807) is 19.1 Å². The fraction of sp³-hybridized carbons (Fsp3) is 0.273. The third-order valence-electron chi connectivity index (χ3n) is 2.46. The van der Waals surface area contributed by atoms with Gasteiger partial charge in [-0.1, -0.05) is 11.6 Å². The summed E-state index contributed by atoms with van der Waals surface area (Å²) >= 11 is 10.2. The molecule has 1 nitrogen and oxygen atoms in total. The Balaban J connectivity index is 2.48. The minimum Gasteiger partial charge on any atom is -0.323 e. The molecule has 1 aromatic rings. The van der Waals surface area contributed by atoms with Gasteiger partial charge in [-0.25, -0.2) is 0 Å². The van der Waals surface area contributed by atoms with Gasteiger partial charge < -0.3 is 4.90 Å². The fourth-order valence-corrected chi connectivity index (χ4v) is 3.20. The molecule has 0 fully saturated rings. The van der Waals surface area contributed by atoms with Crippen molar-refractivity contribution in [1.82, 2.24) is 0 Å². The van der Waals surface area contributed by atoms with Crippen LogP contribution in [-0.2, 0) is 0 Å². The number of alkyl halides is 3. The molecule has 0 aromatic heterocycles. The van der Waals surface area contributed by atoms with Crippen LogP contribution in [0.1, 0.15) is 6.92 Å².